The van der Waals surface area contributed by atoms with Gasteiger partial charge in [0.25, 0.3) is 11.8 Å². The molecule has 0 unspecified atom stereocenters. The van der Waals surface area contributed by atoms with E-state index in [-0.39, 0.29) is 35.5 Å². The maximum atomic E-state index is 13.6. The van der Waals surface area contributed by atoms with Crippen molar-refractivity contribution in [3.8, 4) is 17.6 Å². The number of thiophene rings is 1. The number of rotatable bonds is 8. The van der Waals surface area contributed by atoms with E-state index in [4.69, 9.17) is 4.74 Å². The Bertz CT molecular complexity index is 1920. The number of hydrogen-bond donors (Lipinski definition) is 3. The lowest BCUT2D eigenvalue weighted by atomic mass is 9.91. The van der Waals surface area contributed by atoms with E-state index in [1.54, 1.807) is 23.2 Å². The Morgan fingerprint density at radius 3 is 2.43 bits per heavy atom. The number of benzene rings is 2. The number of ether oxygens (including phenoxy) is 1. The molecule has 2 saturated carbocycles. The van der Waals surface area contributed by atoms with Gasteiger partial charge in [-0.25, -0.2) is 9.78 Å². The molecule has 4 aromatic rings. The molecule has 11 heteroatoms. The molecule has 232 valence electrons. The van der Waals surface area contributed by atoms with Crippen molar-refractivity contribution in [3.63, 3.8) is 0 Å². The number of anilines is 3. The van der Waals surface area contributed by atoms with Crippen LogP contribution in [0.5, 0.6) is 11.5 Å². The number of carbonyl (C=O) groups excluding carboxylic acids is 3. The predicted molar refractivity (Wildman–Crippen MR) is 177 cm³/mol. The normalized spacial score (nSPS) is 19.3. The number of nitrogens with one attached hydrogen (secondary N) is 3. The molecule has 46 heavy (non-hydrogen) atoms. The van der Waals surface area contributed by atoms with Gasteiger partial charge in [0.1, 0.15) is 32.8 Å². The largest absolute Gasteiger partial charge is 0.457 e. The molecule has 0 radical (unpaired) electrons. The number of nitriles is 1. The highest BCUT2D eigenvalue weighted by molar-refractivity contribution is 7.21. The zero-order valence-electron chi connectivity index (χ0n) is 25.2. The molecule has 0 saturated heterocycles. The van der Waals surface area contributed by atoms with E-state index < -0.39 is 0 Å². The van der Waals surface area contributed by atoms with Crippen LogP contribution in [0.4, 0.5) is 21.9 Å². The maximum Gasteiger partial charge on any atom is 0.331 e. The van der Waals surface area contributed by atoms with Crippen LogP contribution in [0.15, 0.2) is 72.4 Å². The molecule has 0 bridgehead atoms. The zero-order valence-corrected chi connectivity index (χ0v) is 26.0. The van der Waals surface area contributed by atoms with Gasteiger partial charge in [0.2, 0.25) is 0 Å². The van der Waals surface area contributed by atoms with Crippen LogP contribution in [0, 0.1) is 24.2 Å². The molecule has 3 N–H and O–H groups in total. The number of nitrogens with zero attached hydrogens (tertiary/aromatic N) is 3. The topological polar surface area (TPSA) is 136 Å². The maximum absolute atomic E-state index is 13.6. The van der Waals surface area contributed by atoms with E-state index in [0.29, 0.717) is 64.1 Å². The van der Waals surface area contributed by atoms with Gasteiger partial charge in [0.15, 0.2) is 0 Å². The summed E-state index contributed by atoms with van der Waals surface area (Å²) in [6.07, 6.45) is 8.27. The summed E-state index contributed by atoms with van der Waals surface area (Å²) in [4.78, 5) is 47.0. The number of amides is 4. The summed E-state index contributed by atoms with van der Waals surface area (Å²) >= 11 is 1.25. The Morgan fingerprint density at radius 1 is 1.00 bits per heavy atom. The number of hydrogen-bond acceptors (Lipinski definition) is 7. The summed E-state index contributed by atoms with van der Waals surface area (Å²) < 4.78 is 5.98. The summed E-state index contributed by atoms with van der Waals surface area (Å²) in [6.45, 7) is 1.92. The third-order valence-corrected chi connectivity index (χ3v) is 9.72. The lowest BCUT2D eigenvalue weighted by molar-refractivity contribution is -0.118. The fourth-order valence-corrected chi connectivity index (χ4v) is 7.13. The number of allylic oxidation sites excluding steroid dienone is 1. The first-order valence-corrected chi connectivity index (χ1v) is 16.3. The van der Waals surface area contributed by atoms with Gasteiger partial charge in [-0.1, -0.05) is 24.3 Å². The molecule has 3 heterocycles. The SMILES string of the molecule is Cc1cc(Oc2ccccc2)ccc1N1C(=O)Nc2c(C(=O)NC3CCC(NC(=O)/C(C#N)=C/C4CC4)CC3)sc3nccc1c23. The summed E-state index contributed by atoms with van der Waals surface area (Å²) in [7, 11) is 0. The van der Waals surface area contributed by atoms with Crippen LogP contribution in [0.2, 0.25) is 0 Å². The van der Waals surface area contributed by atoms with E-state index in [2.05, 4.69) is 20.9 Å². The third kappa shape index (κ3) is 5.91. The van der Waals surface area contributed by atoms with Crippen molar-refractivity contribution in [1.29, 1.82) is 5.26 Å². The van der Waals surface area contributed by atoms with Crippen molar-refractivity contribution < 1.29 is 19.1 Å². The van der Waals surface area contributed by atoms with Gasteiger partial charge in [-0.3, -0.25) is 14.5 Å². The van der Waals surface area contributed by atoms with Crippen LogP contribution in [-0.2, 0) is 4.79 Å². The van der Waals surface area contributed by atoms with Gasteiger partial charge in [-0.2, -0.15) is 5.26 Å². The Labute approximate surface area is 270 Å². The van der Waals surface area contributed by atoms with Crippen LogP contribution < -0.4 is 25.6 Å². The second-order valence-corrected chi connectivity index (χ2v) is 13.0. The molecule has 7 rings (SSSR count). The number of para-hydroxylation sites is 1. The highest BCUT2D eigenvalue weighted by Crippen LogP contribution is 2.46. The van der Waals surface area contributed by atoms with E-state index in [1.807, 2.05) is 61.5 Å². The summed E-state index contributed by atoms with van der Waals surface area (Å²) in [5.74, 6) is 1.16. The molecule has 3 aliphatic rings. The summed E-state index contributed by atoms with van der Waals surface area (Å²) in [6, 6.07) is 18.4. The standard InChI is InChI=1S/C35H32N6O4S/c1-20-17-26(45-25-5-3-2-4-6-25)13-14-27(20)41-28-15-16-37-34-29(28)30(40-35(41)44)31(46-34)33(43)39-24-11-9-23(10-12-24)38-32(42)22(19-36)18-21-7-8-21/h2-6,13-18,21,23-24H,7-12H2,1H3,(H,38,42)(H,39,43)(H,40,44)/b22-18+. The smallest absolute Gasteiger partial charge is 0.331 e. The minimum Gasteiger partial charge on any atom is -0.457 e. The monoisotopic (exact) mass is 632 g/mol. The van der Waals surface area contributed by atoms with E-state index >= 15 is 0 Å². The van der Waals surface area contributed by atoms with Gasteiger partial charge in [0, 0.05) is 18.3 Å². The van der Waals surface area contributed by atoms with Crippen molar-refractivity contribution in [3.05, 3.63) is 82.9 Å². The first-order valence-electron chi connectivity index (χ1n) is 15.5. The van der Waals surface area contributed by atoms with Crippen LogP contribution in [0.3, 0.4) is 0 Å². The Kier molecular flexibility index (Phi) is 7.88. The van der Waals surface area contributed by atoms with E-state index in [9.17, 15) is 19.6 Å². The zero-order chi connectivity index (χ0) is 31.8. The van der Waals surface area contributed by atoms with Crippen LogP contribution >= 0.6 is 11.3 Å². The minimum atomic E-state index is -0.365. The molecular weight excluding hydrogens is 600 g/mol. The summed E-state index contributed by atoms with van der Waals surface area (Å²) in [5, 5.41) is 19.2. The van der Waals surface area contributed by atoms with Gasteiger partial charge in [-0.15, -0.1) is 11.3 Å². The highest BCUT2D eigenvalue weighted by atomic mass is 32.1. The van der Waals surface area contributed by atoms with Gasteiger partial charge in [0.05, 0.1) is 22.4 Å². The number of pyridine rings is 1. The molecule has 10 nitrogen and oxygen atoms in total. The number of carbonyl (C=O) groups is 3. The Hall–Kier alpha value is -5.21. The van der Waals surface area contributed by atoms with Gasteiger partial charge < -0.3 is 20.7 Å². The Morgan fingerprint density at radius 2 is 1.74 bits per heavy atom. The molecule has 4 amide bonds. The van der Waals surface area contributed by atoms with Crippen molar-refractivity contribution >= 4 is 56.5 Å². The fourth-order valence-electron chi connectivity index (χ4n) is 6.11. The van der Waals surface area contributed by atoms with Crippen molar-refractivity contribution in [2.24, 2.45) is 5.92 Å². The number of aryl methyl sites for hydroxylation is 1. The number of urea groups is 1. The molecule has 0 spiro atoms. The molecule has 1 aliphatic heterocycles. The average molecular weight is 633 g/mol. The van der Waals surface area contributed by atoms with Crippen molar-refractivity contribution in [2.75, 3.05) is 10.2 Å². The minimum absolute atomic E-state index is 0.0402. The lowest BCUT2D eigenvalue weighted by Crippen LogP contribution is -2.44. The van der Waals surface area contributed by atoms with Crippen LogP contribution in [0.25, 0.3) is 10.2 Å². The van der Waals surface area contributed by atoms with E-state index in [0.717, 1.165) is 29.5 Å². The average Bonchev–Trinajstić information content (AvgIpc) is 3.81. The van der Waals surface area contributed by atoms with Crippen LogP contribution in [0.1, 0.15) is 53.8 Å². The second kappa shape index (κ2) is 12.3. The first kappa shape index (κ1) is 29.5. The fraction of sp³-hybridized carbons (Fsp3) is 0.286. The highest BCUT2D eigenvalue weighted by Gasteiger charge is 2.34. The molecular formula is C35H32N6O4S. The van der Waals surface area contributed by atoms with Crippen molar-refractivity contribution in [2.45, 2.75) is 57.5 Å². The molecule has 2 aliphatic carbocycles. The molecule has 2 aromatic carbocycles. The number of aromatic nitrogens is 1. The predicted octanol–water partition coefficient (Wildman–Crippen LogP) is 7.10. The van der Waals surface area contributed by atoms with Gasteiger partial charge in [-0.05, 0) is 93.3 Å². The van der Waals surface area contributed by atoms with Crippen molar-refractivity contribution in [1.82, 2.24) is 15.6 Å². The summed E-state index contributed by atoms with van der Waals surface area (Å²) in [5.41, 5.74) is 2.86. The van der Waals surface area contributed by atoms with E-state index in [1.165, 1.54) is 11.3 Å². The second-order valence-electron chi connectivity index (χ2n) is 12.0. The molecule has 0 atom stereocenters. The quantitative estimate of drug-likeness (QED) is 0.140. The molecule has 2 aromatic heterocycles. The first-order chi connectivity index (χ1) is 22.4. The van der Waals surface area contributed by atoms with Gasteiger partial charge >= 0.3 is 6.03 Å². The third-order valence-electron chi connectivity index (χ3n) is 8.63. The van der Waals surface area contributed by atoms with Crippen LogP contribution in [-0.4, -0.2) is 34.9 Å². The molecule has 2 fully saturated rings. The lowest BCUT2D eigenvalue weighted by Gasteiger charge is -2.30. The Balaban J connectivity index is 1.05.